The maximum atomic E-state index is 5.46. The average Bonchev–Trinajstić information content (AvgIpc) is 3.04. The van der Waals surface area contributed by atoms with Crippen LogP contribution in [0.25, 0.3) is 0 Å². The van der Waals surface area contributed by atoms with Crippen molar-refractivity contribution in [1.29, 1.82) is 0 Å². The molecule has 0 bridgehead atoms. The fourth-order valence-corrected chi connectivity index (χ4v) is 2.80. The van der Waals surface area contributed by atoms with Crippen molar-refractivity contribution in [3.8, 4) is 5.75 Å². The topological polar surface area (TPSA) is 52.0 Å². The molecule has 0 fully saturated rings. The van der Waals surface area contributed by atoms with Gasteiger partial charge in [0.15, 0.2) is 5.75 Å². The molecule has 6 heteroatoms. The highest BCUT2D eigenvalue weighted by atomic mass is 32.1. The maximum Gasteiger partial charge on any atom is 0.161 e. The summed E-state index contributed by atoms with van der Waals surface area (Å²) in [6.07, 6.45) is 3.68. The first-order chi connectivity index (χ1) is 9.19. The molecule has 1 unspecified atom stereocenters. The molecule has 2 heterocycles. The van der Waals surface area contributed by atoms with E-state index < -0.39 is 0 Å². The third kappa shape index (κ3) is 2.79. The molecule has 0 saturated carbocycles. The minimum atomic E-state index is 0.0670. The van der Waals surface area contributed by atoms with Gasteiger partial charge < -0.3 is 10.1 Å². The van der Waals surface area contributed by atoms with E-state index in [0.29, 0.717) is 0 Å². The first-order valence-corrected chi connectivity index (χ1v) is 7.30. The van der Waals surface area contributed by atoms with Crippen molar-refractivity contribution < 1.29 is 4.74 Å². The predicted octanol–water partition coefficient (Wildman–Crippen LogP) is 2.63. The number of aromatic nitrogens is 3. The lowest BCUT2D eigenvalue weighted by Crippen LogP contribution is -2.25. The Bertz CT molecular complexity index is 507. The molecule has 1 atom stereocenters. The quantitative estimate of drug-likeness (QED) is 0.883. The van der Waals surface area contributed by atoms with E-state index in [1.54, 1.807) is 24.6 Å². The number of rotatable bonds is 6. The molecule has 0 aromatic carbocycles. The number of hydrogen-bond acceptors (Lipinski definition) is 5. The molecule has 19 heavy (non-hydrogen) atoms. The number of methoxy groups -OCH3 is 1. The molecule has 2 rings (SSSR count). The zero-order chi connectivity index (χ0) is 13.8. The van der Waals surface area contributed by atoms with Crippen molar-refractivity contribution in [2.24, 2.45) is 0 Å². The zero-order valence-corrected chi connectivity index (χ0v) is 12.6. The van der Waals surface area contributed by atoms with E-state index in [2.05, 4.69) is 36.2 Å². The number of nitrogens with zero attached hydrogens (tertiary/aromatic N) is 3. The summed E-state index contributed by atoms with van der Waals surface area (Å²) in [5.74, 6) is 0.813. The van der Waals surface area contributed by atoms with E-state index in [1.807, 2.05) is 16.4 Å². The van der Waals surface area contributed by atoms with E-state index in [-0.39, 0.29) is 12.1 Å². The molecule has 0 aliphatic rings. The smallest absolute Gasteiger partial charge is 0.161 e. The number of nitrogens with one attached hydrogen (secondary N) is 1. The summed E-state index contributed by atoms with van der Waals surface area (Å²) in [6.45, 7) is 7.20. The van der Waals surface area contributed by atoms with Crippen LogP contribution in [0.3, 0.4) is 0 Å². The Hall–Kier alpha value is -1.40. The van der Waals surface area contributed by atoms with Gasteiger partial charge in [-0.1, -0.05) is 6.92 Å². The Kier molecular flexibility index (Phi) is 4.55. The van der Waals surface area contributed by atoms with Gasteiger partial charge in [0.2, 0.25) is 0 Å². The highest BCUT2D eigenvalue weighted by Gasteiger charge is 2.25. The Morgan fingerprint density at radius 2 is 2.21 bits per heavy atom. The molecule has 0 aliphatic carbocycles. The first kappa shape index (κ1) is 14.0. The molecule has 5 nitrogen and oxygen atoms in total. The molecule has 0 radical (unpaired) electrons. The molecule has 0 aliphatic heterocycles. The fraction of sp³-hybridized carbons (Fsp3) is 0.538. The first-order valence-electron chi connectivity index (χ1n) is 6.42. The van der Waals surface area contributed by atoms with E-state index in [9.17, 15) is 0 Å². The third-order valence-electron chi connectivity index (χ3n) is 2.93. The standard InChI is InChI=1S/C13H20N4OS/c1-5-15-12(11-7-14-8-19-11)13-10(18-4)6-16-17(13)9(2)3/h6-9,12,15H,5H2,1-4H3. The summed E-state index contributed by atoms with van der Waals surface area (Å²) < 4.78 is 7.47. The van der Waals surface area contributed by atoms with Crippen LogP contribution in [0.15, 0.2) is 17.9 Å². The van der Waals surface area contributed by atoms with Crippen LogP contribution in [0, 0.1) is 0 Å². The van der Waals surface area contributed by atoms with Gasteiger partial charge in [-0.2, -0.15) is 5.10 Å². The molecule has 2 aromatic rings. The van der Waals surface area contributed by atoms with Crippen LogP contribution >= 0.6 is 11.3 Å². The largest absolute Gasteiger partial charge is 0.493 e. The van der Waals surface area contributed by atoms with Gasteiger partial charge in [0.05, 0.1) is 24.9 Å². The zero-order valence-electron chi connectivity index (χ0n) is 11.8. The van der Waals surface area contributed by atoms with Crippen molar-refractivity contribution in [3.05, 3.63) is 28.5 Å². The lowest BCUT2D eigenvalue weighted by atomic mass is 10.1. The van der Waals surface area contributed by atoms with Crippen LogP contribution < -0.4 is 10.1 Å². The second-order valence-electron chi connectivity index (χ2n) is 4.53. The molecular weight excluding hydrogens is 260 g/mol. The fourth-order valence-electron chi connectivity index (χ4n) is 2.10. The third-order valence-corrected chi connectivity index (χ3v) is 3.77. The molecule has 0 saturated heterocycles. The van der Waals surface area contributed by atoms with Crippen molar-refractivity contribution in [1.82, 2.24) is 20.1 Å². The SMILES string of the molecule is CCNC(c1cncs1)c1c(OC)cnn1C(C)C. The van der Waals surface area contributed by atoms with Gasteiger partial charge >= 0.3 is 0 Å². The lowest BCUT2D eigenvalue weighted by molar-refractivity contribution is 0.395. The van der Waals surface area contributed by atoms with Crippen LogP contribution in [0.2, 0.25) is 0 Å². The Labute approximate surface area is 117 Å². The minimum Gasteiger partial charge on any atom is -0.493 e. The Morgan fingerprint density at radius 3 is 2.74 bits per heavy atom. The van der Waals surface area contributed by atoms with Crippen LogP contribution in [0.4, 0.5) is 0 Å². The van der Waals surface area contributed by atoms with Crippen molar-refractivity contribution in [2.75, 3.05) is 13.7 Å². The van der Waals surface area contributed by atoms with E-state index in [4.69, 9.17) is 4.74 Å². The summed E-state index contributed by atoms with van der Waals surface area (Å²) in [6, 6.07) is 0.352. The molecule has 0 spiro atoms. The van der Waals surface area contributed by atoms with Gasteiger partial charge in [-0.05, 0) is 20.4 Å². The van der Waals surface area contributed by atoms with Crippen molar-refractivity contribution >= 4 is 11.3 Å². The summed E-state index contributed by atoms with van der Waals surface area (Å²) in [7, 11) is 1.68. The molecule has 2 aromatic heterocycles. The lowest BCUT2D eigenvalue weighted by Gasteiger charge is -2.21. The van der Waals surface area contributed by atoms with E-state index in [1.165, 1.54) is 4.88 Å². The van der Waals surface area contributed by atoms with Crippen molar-refractivity contribution in [3.63, 3.8) is 0 Å². The molecular formula is C13H20N4OS. The van der Waals surface area contributed by atoms with Gasteiger partial charge in [-0.3, -0.25) is 9.67 Å². The summed E-state index contributed by atoms with van der Waals surface area (Å²) in [5, 5.41) is 7.92. The summed E-state index contributed by atoms with van der Waals surface area (Å²) >= 11 is 1.64. The van der Waals surface area contributed by atoms with Gasteiger partial charge in [0, 0.05) is 17.1 Å². The monoisotopic (exact) mass is 280 g/mol. The van der Waals surface area contributed by atoms with E-state index in [0.717, 1.165) is 18.0 Å². The van der Waals surface area contributed by atoms with Crippen LogP contribution in [0.1, 0.15) is 43.4 Å². The second-order valence-corrected chi connectivity index (χ2v) is 5.45. The second kappa shape index (κ2) is 6.16. The summed E-state index contributed by atoms with van der Waals surface area (Å²) in [4.78, 5) is 5.34. The van der Waals surface area contributed by atoms with Gasteiger partial charge in [-0.15, -0.1) is 11.3 Å². The molecule has 104 valence electrons. The van der Waals surface area contributed by atoms with Crippen LogP contribution in [-0.2, 0) is 0 Å². The minimum absolute atomic E-state index is 0.0670. The predicted molar refractivity (Wildman–Crippen MR) is 76.8 cm³/mol. The summed E-state index contributed by atoms with van der Waals surface area (Å²) in [5.41, 5.74) is 2.91. The number of hydrogen-bond donors (Lipinski definition) is 1. The van der Waals surface area contributed by atoms with Crippen LogP contribution in [-0.4, -0.2) is 28.4 Å². The molecule has 0 amide bonds. The van der Waals surface area contributed by atoms with Crippen LogP contribution in [0.5, 0.6) is 5.75 Å². The number of ether oxygens (including phenoxy) is 1. The average molecular weight is 280 g/mol. The Balaban J connectivity index is 2.49. The highest BCUT2D eigenvalue weighted by molar-refractivity contribution is 7.09. The Morgan fingerprint density at radius 1 is 1.42 bits per heavy atom. The molecule has 1 N–H and O–H groups in total. The normalized spacial score (nSPS) is 12.9. The van der Waals surface area contributed by atoms with Crippen molar-refractivity contribution in [2.45, 2.75) is 32.9 Å². The van der Waals surface area contributed by atoms with Gasteiger partial charge in [0.25, 0.3) is 0 Å². The van der Waals surface area contributed by atoms with E-state index >= 15 is 0 Å². The maximum absolute atomic E-state index is 5.46. The van der Waals surface area contributed by atoms with Gasteiger partial charge in [0.1, 0.15) is 5.69 Å². The highest BCUT2D eigenvalue weighted by Crippen LogP contribution is 2.33. The van der Waals surface area contributed by atoms with Gasteiger partial charge in [-0.25, -0.2) is 0 Å². The number of thiazole rings is 1.